The Morgan fingerprint density at radius 3 is 2.46 bits per heavy atom. The van der Waals surface area contributed by atoms with Crippen LogP contribution in [0, 0.1) is 0 Å². The van der Waals surface area contributed by atoms with Crippen LogP contribution in [0.25, 0.3) is 0 Å². The number of β-amino-alcohol motifs (C(OH)–C–C–N with tert-alkyl or cyclic N) is 1. The van der Waals surface area contributed by atoms with Gasteiger partial charge in [-0.25, -0.2) is 0 Å². The average Bonchev–Trinajstić information content (AvgIpc) is 2.19. The number of β-lactam (4-membered cyclic amide) rings is 1. The molecular formula is C10H11NO2. The Hall–Kier alpha value is -1.35. The molecule has 68 valence electrons. The number of carbonyl (C=O) groups is 1. The van der Waals surface area contributed by atoms with Crippen molar-refractivity contribution in [2.75, 3.05) is 13.6 Å². The van der Waals surface area contributed by atoms with Crippen molar-refractivity contribution in [3.63, 3.8) is 0 Å². The fourth-order valence-electron chi connectivity index (χ4n) is 1.64. The molecule has 0 bridgehead atoms. The second kappa shape index (κ2) is 2.57. The molecule has 1 saturated heterocycles. The molecule has 2 rings (SSSR count). The van der Waals surface area contributed by atoms with E-state index in [9.17, 15) is 9.90 Å². The van der Waals surface area contributed by atoms with Crippen molar-refractivity contribution in [1.82, 2.24) is 4.90 Å². The van der Waals surface area contributed by atoms with Crippen molar-refractivity contribution < 1.29 is 9.90 Å². The van der Waals surface area contributed by atoms with E-state index in [1.165, 1.54) is 4.90 Å². The maximum Gasteiger partial charge on any atom is 0.260 e. The number of nitrogens with zero attached hydrogens (tertiary/aromatic N) is 1. The Kier molecular flexibility index (Phi) is 1.63. The van der Waals surface area contributed by atoms with E-state index in [2.05, 4.69) is 0 Å². The van der Waals surface area contributed by atoms with E-state index >= 15 is 0 Å². The molecule has 1 N–H and O–H groups in total. The number of hydrogen-bond acceptors (Lipinski definition) is 2. The van der Waals surface area contributed by atoms with Crippen LogP contribution in [-0.2, 0) is 10.4 Å². The fraction of sp³-hybridized carbons (Fsp3) is 0.300. The van der Waals surface area contributed by atoms with E-state index in [0.29, 0.717) is 12.1 Å². The van der Waals surface area contributed by atoms with Gasteiger partial charge in [0.25, 0.3) is 5.91 Å². The van der Waals surface area contributed by atoms with Crippen LogP contribution in [0.4, 0.5) is 0 Å². The quantitative estimate of drug-likeness (QED) is 0.629. The van der Waals surface area contributed by atoms with E-state index < -0.39 is 5.60 Å². The minimum Gasteiger partial charge on any atom is -0.374 e. The van der Waals surface area contributed by atoms with Gasteiger partial charge in [0.2, 0.25) is 0 Å². The van der Waals surface area contributed by atoms with Gasteiger partial charge >= 0.3 is 0 Å². The molecule has 3 nitrogen and oxygen atoms in total. The first-order valence-electron chi connectivity index (χ1n) is 4.18. The highest BCUT2D eigenvalue weighted by molar-refractivity contribution is 5.92. The number of benzene rings is 1. The molecule has 3 heteroatoms. The zero-order valence-corrected chi connectivity index (χ0v) is 7.40. The maximum absolute atomic E-state index is 11.4. The first-order valence-corrected chi connectivity index (χ1v) is 4.18. The van der Waals surface area contributed by atoms with Gasteiger partial charge in [0.1, 0.15) is 0 Å². The summed E-state index contributed by atoms with van der Waals surface area (Å²) in [6.07, 6.45) is 0. The SMILES string of the molecule is CN1C[C@](O)(c2ccccc2)C1=O. The Morgan fingerprint density at radius 1 is 1.38 bits per heavy atom. The monoisotopic (exact) mass is 177 g/mol. The summed E-state index contributed by atoms with van der Waals surface area (Å²) in [5.74, 6) is -0.223. The van der Waals surface area contributed by atoms with Crippen LogP contribution in [0.1, 0.15) is 5.56 Å². The summed E-state index contributed by atoms with van der Waals surface area (Å²) in [6.45, 7) is 0.385. The summed E-state index contributed by atoms with van der Waals surface area (Å²) in [7, 11) is 1.68. The van der Waals surface area contributed by atoms with E-state index in [0.717, 1.165) is 0 Å². The fourth-order valence-corrected chi connectivity index (χ4v) is 1.64. The zero-order chi connectivity index (χ0) is 9.47. The second-order valence-electron chi connectivity index (χ2n) is 3.39. The smallest absolute Gasteiger partial charge is 0.260 e. The molecular weight excluding hydrogens is 166 g/mol. The van der Waals surface area contributed by atoms with Crippen LogP contribution in [0.15, 0.2) is 30.3 Å². The van der Waals surface area contributed by atoms with Crippen LogP contribution >= 0.6 is 0 Å². The summed E-state index contributed by atoms with van der Waals surface area (Å²) < 4.78 is 0. The van der Waals surface area contributed by atoms with Crippen LogP contribution in [0.3, 0.4) is 0 Å². The predicted octanol–water partition coefficient (Wildman–Crippen LogP) is 0.346. The number of aliphatic hydroxyl groups is 1. The maximum atomic E-state index is 11.4. The molecule has 1 aromatic rings. The van der Waals surface area contributed by atoms with Gasteiger partial charge in [-0.2, -0.15) is 0 Å². The number of hydrogen-bond donors (Lipinski definition) is 1. The molecule has 0 spiro atoms. The zero-order valence-electron chi connectivity index (χ0n) is 7.40. The third-order valence-electron chi connectivity index (χ3n) is 2.42. The molecule has 0 unspecified atom stereocenters. The Balaban J connectivity index is 2.33. The highest BCUT2D eigenvalue weighted by atomic mass is 16.3. The van der Waals surface area contributed by atoms with Crippen molar-refractivity contribution in [3.05, 3.63) is 35.9 Å². The predicted molar refractivity (Wildman–Crippen MR) is 48.0 cm³/mol. The van der Waals surface area contributed by atoms with Gasteiger partial charge in [-0.1, -0.05) is 30.3 Å². The van der Waals surface area contributed by atoms with Gasteiger partial charge in [-0.05, 0) is 5.56 Å². The molecule has 1 heterocycles. The first-order chi connectivity index (χ1) is 6.14. The standard InChI is InChI=1S/C10H11NO2/c1-11-7-10(13,9(11)12)8-5-3-2-4-6-8/h2-6,13H,7H2,1H3/t10-/m0/s1. The van der Waals surface area contributed by atoms with E-state index in [1.54, 1.807) is 19.2 Å². The highest BCUT2D eigenvalue weighted by Gasteiger charge is 2.50. The molecule has 0 saturated carbocycles. The molecule has 0 aliphatic carbocycles. The minimum atomic E-state index is -1.27. The highest BCUT2D eigenvalue weighted by Crippen LogP contribution is 2.31. The largest absolute Gasteiger partial charge is 0.374 e. The van der Waals surface area contributed by atoms with Crippen LogP contribution in [0.2, 0.25) is 0 Å². The first kappa shape index (κ1) is 8.26. The van der Waals surface area contributed by atoms with Gasteiger partial charge < -0.3 is 10.0 Å². The number of carbonyl (C=O) groups excluding carboxylic acids is 1. The second-order valence-corrected chi connectivity index (χ2v) is 3.39. The summed E-state index contributed by atoms with van der Waals surface area (Å²) >= 11 is 0. The molecule has 1 atom stereocenters. The lowest BCUT2D eigenvalue weighted by molar-refractivity contribution is -0.174. The van der Waals surface area contributed by atoms with Gasteiger partial charge in [-0.3, -0.25) is 4.79 Å². The van der Waals surface area contributed by atoms with Gasteiger partial charge in [0.15, 0.2) is 5.60 Å². The molecule has 13 heavy (non-hydrogen) atoms. The van der Waals surface area contributed by atoms with Crippen LogP contribution < -0.4 is 0 Å². The Bertz CT molecular complexity index is 336. The summed E-state index contributed by atoms with van der Waals surface area (Å²) in [6, 6.07) is 9.04. The molecule has 1 fully saturated rings. The lowest BCUT2D eigenvalue weighted by Gasteiger charge is -2.43. The summed E-state index contributed by atoms with van der Waals surface area (Å²) in [5, 5.41) is 9.93. The lowest BCUT2D eigenvalue weighted by atomic mass is 9.86. The molecule has 1 aromatic carbocycles. The number of amides is 1. The molecule has 0 radical (unpaired) electrons. The number of rotatable bonds is 1. The van der Waals surface area contributed by atoms with Crippen molar-refractivity contribution in [2.45, 2.75) is 5.60 Å². The van der Waals surface area contributed by atoms with E-state index in [1.807, 2.05) is 18.2 Å². The van der Waals surface area contributed by atoms with E-state index in [-0.39, 0.29) is 5.91 Å². The van der Waals surface area contributed by atoms with Crippen molar-refractivity contribution in [1.29, 1.82) is 0 Å². The topological polar surface area (TPSA) is 40.5 Å². The number of likely N-dealkylation sites (tertiary alicyclic amines) is 1. The Labute approximate surface area is 76.6 Å². The van der Waals surface area contributed by atoms with Gasteiger partial charge in [0.05, 0.1) is 6.54 Å². The van der Waals surface area contributed by atoms with Crippen molar-refractivity contribution in [3.8, 4) is 0 Å². The normalized spacial score (nSPS) is 27.2. The van der Waals surface area contributed by atoms with E-state index in [4.69, 9.17) is 0 Å². The number of likely N-dealkylation sites (N-methyl/N-ethyl adjacent to an activating group) is 1. The van der Waals surface area contributed by atoms with Crippen molar-refractivity contribution in [2.24, 2.45) is 0 Å². The molecule has 1 aliphatic rings. The molecule has 0 aromatic heterocycles. The van der Waals surface area contributed by atoms with Crippen LogP contribution in [-0.4, -0.2) is 29.5 Å². The lowest BCUT2D eigenvalue weighted by Crippen LogP contribution is -2.62. The molecule has 1 aliphatic heterocycles. The summed E-state index contributed by atoms with van der Waals surface area (Å²) in [5.41, 5.74) is -0.589. The van der Waals surface area contributed by atoms with Gasteiger partial charge in [-0.15, -0.1) is 0 Å². The average molecular weight is 177 g/mol. The third-order valence-corrected chi connectivity index (χ3v) is 2.42. The third kappa shape index (κ3) is 1.04. The molecule has 1 amide bonds. The summed E-state index contributed by atoms with van der Waals surface area (Å²) in [4.78, 5) is 12.9. The minimum absolute atomic E-state index is 0.223. The van der Waals surface area contributed by atoms with Gasteiger partial charge in [0, 0.05) is 7.05 Å². The Morgan fingerprint density at radius 2 is 2.00 bits per heavy atom. The van der Waals surface area contributed by atoms with Crippen molar-refractivity contribution >= 4 is 5.91 Å². The van der Waals surface area contributed by atoms with Crippen LogP contribution in [0.5, 0.6) is 0 Å².